The molecule has 2 aromatic rings. The Hall–Kier alpha value is -2.35. The lowest BCUT2D eigenvalue weighted by atomic mass is 9.99. The Bertz CT molecular complexity index is 610. The average Bonchev–Trinajstić information content (AvgIpc) is 2.46. The predicted molar refractivity (Wildman–Crippen MR) is 78.0 cm³/mol. The molecule has 0 aliphatic carbocycles. The van der Waals surface area contributed by atoms with Gasteiger partial charge in [0.25, 0.3) is 0 Å². The summed E-state index contributed by atoms with van der Waals surface area (Å²) in [6, 6.07) is 13.6. The Labute approximate surface area is 113 Å². The highest BCUT2D eigenvalue weighted by atomic mass is 16.5. The summed E-state index contributed by atoms with van der Waals surface area (Å²) in [5, 5.41) is 0. The monoisotopic (exact) mass is 252 g/mol. The fourth-order valence-corrected chi connectivity index (χ4v) is 2.00. The molecule has 0 bridgehead atoms. The Morgan fingerprint density at radius 1 is 1.11 bits per heavy atom. The molecular formula is C17H16O2. The molecule has 0 aliphatic heterocycles. The minimum atomic E-state index is -0.315. The van der Waals surface area contributed by atoms with Crippen LogP contribution in [-0.4, -0.2) is 13.1 Å². The molecule has 0 saturated heterocycles. The zero-order chi connectivity index (χ0) is 13.8. The molecule has 0 fully saturated rings. The fourth-order valence-electron chi connectivity index (χ4n) is 2.00. The van der Waals surface area contributed by atoms with Crippen LogP contribution in [0.15, 0.2) is 49.0 Å². The summed E-state index contributed by atoms with van der Waals surface area (Å²) in [5.74, 6) is -0.315. The molecule has 0 aliphatic rings. The SMILES string of the molecule is C=Cc1ccc(-c2ccc(C(=O)OC)cc2)cc1C. The number of esters is 1. The van der Waals surface area contributed by atoms with Crippen molar-refractivity contribution in [2.24, 2.45) is 0 Å². The van der Waals surface area contributed by atoms with Crippen molar-refractivity contribution in [3.8, 4) is 11.1 Å². The summed E-state index contributed by atoms with van der Waals surface area (Å²) >= 11 is 0. The zero-order valence-electron chi connectivity index (χ0n) is 11.1. The van der Waals surface area contributed by atoms with Crippen LogP contribution in [0.25, 0.3) is 17.2 Å². The minimum absolute atomic E-state index is 0.315. The molecule has 0 unspecified atom stereocenters. The van der Waals surface area contributed by atoms with Crippen molar-refractivity contribution >= 4 is 12.0 Å². The van der Waals surface area contributed by atoms with E-state index in [0.717, 1.165) is 16.7 Å². The molecule has 2 nitrogen and oxygen atoms in total. The smallest absolute Gasteiger partial charge is 0.337 e. The third-order valence-corrected chi connectivity index (χ3v) is 3.13. The van der Waals surface area contributed by atoms with Gasteiger partial charge in [-0.1, -0.05) is 43.0 Å². The lowest BCUT2D eigenvalue weighted by molar-refractivity contribution is 0.0601. The standard InChI is InChI=1S/C17H16O2/c1-4-13-5-10-16(11-12(13)2)14-6-8-15(9-7-14)17(18)19-3/h4-11H,1H2,2-3H3. The van der Waals surface area contributed by atoms with Crippen molar-refractivity contribution in [3.63, 3.8) is 0 Å². The lowest BCUT2D eigenvalue weighted by Gasteiger charge is -2.06. The molecule has 0 aromatic heterocycles. The quantitative estimate of drug-likeness (QED) is 0.769. The molecule has 0 heterocycles. The van der Waals surface area contributed by atoms with Crippen LogP contribution in [0.2, 0.25) is 0 Å². The maximum Gasteiger partial charge on any atom is 0.337 e. The van der Waals surface area contributed by atoms with E-state index in [4.69, 9.17) is 0 Å². The van der Waals surface area contributed by atoms with Crippen LogP contribution in [-0.2, 0) is 4.74 Å². The van der Waals surface area contributed by atoms with Crippen molar-refractivity contribution in [2.75, 3.05) is 7.11 Å². The van der Waals surface area contributed by atoms with Crippen molar-refractivity contribution in [2.45, 2.75) is 6.92 Å². The van der Waals surface area contributed by atoms with E-state index < -0.39 is 0 Å². The van der Waals surface area contributed by atoms with Crippen molar-refractivity contribution < 1.29 is 9.53 Å². The molecule has 0 N–H and O–H groups in total. The van der Waals surface area contributed by atoms with Crippen molar-refractivity contribution in [1.29, 1.82) is 0 Å². The normalized spacial score (nSPS) is 10.0. The number of methoxy groups -OCH3 is 1. The van der Waals surface area contributed by atoms with Crippen LogP contribution in [0.5, 0.6) is 0 Å². The first-order valence-electron chi connectivity index (χ1n) is 6.07. The van der Waals surface area contributed by atoms with Crippen LogP contribution in [0.4, 0.5) is 0 Å². The number of aryl methyl sites for hydroxylation is 1. The number of carbonyl (C=O) groups is 1. The summed E-state index contributed by atoms with van der Waals surface area (Å²) < 4.78 is 4.68. The third-order valence-electron chi connectivity index (χ3n) is 3.13. The van der Waals surface area contributed by atoms with E-state index in [0.29, 0.717) is 5.56 Å². The second-order valence-corrected chi connectivity index (χ2v) is 4.34. The predicted octanol–water partition coefficient (Wildman–Crippen LogP) is 4.09. The van der Waals surface area contributed by atoms with E-state index in [1.54, 1.807) is 12.1 Å². The minimum Gasteiger partial charge on any atom is -0.465 e. The highest BCUT2D eigenvalue weighted by Gasteiger charge is 2.05. The number of hydrogen-bond acceptors (Lipinski definition) is 2. The number of hydrogen-bond donors (Lipinski definition) is 0. The van der Waals surface area contributed by atoms with E-state index in [1.807, 2.05) is 24.3 Å². The fraction of sp³-hybridized carbons (Fsp3) is 0.118. The summed E-state index contributed by atoms with van der Waals surface area (Å²) in [6.07, 6.45) is 1.85. The Kier molecular flexibility index (Phi) is 3.81. The first-order chi connectivity index (χ1) is 9.15. The van der Waals surface area contributed by atoms with Crippen LogP contribution in [0.3, 0.4) is 0 Å². The van der Waals surface area contributed by atoms with Crippen LogP contribution >= 0.6 is 0 Å². The van der Waals surface area contributed by atoms with Gasteiger partial charge in [0.05, 0.1) is 12.7 Å². The number of benzene rings is 2. The Balaban J connectivity index is 2.34. The molecule has 0 spiro atoms. The number of rotatable bonds is 3. The number of carbonyl (C=O) groups excluding carboxylic acids is 1. The van der Waals surface area contributed by atoms with Gasteiger partial charge in [0.15, 0.2) is 0 Å². The van der Waals surface area contributed by atoms with Crippen LogP contribution < -0.4 is 0 Å². The van der Waals surface area contributed by atoms with E-state index >= 15 is 0 Å². The zero-order valence-corrected chi connectivity index (χ0v) is 11.1. The molecular weight excluding hydrogens is 236 g/mol. The molecule has 96 valence electrons. The largest absolute Gasteiger partial charge is 0.465 e. The summed E-state index contributed by atoms with van der Waals surface area (Å²) in [7, 11) is 1.38. The first-order valence-corrected chi connectivity index (χ1v) is 6.07. The average molecular weight is 252 g/mol. The van der Waals surface area contributed by atoms with Crippen LogP contribution in [0.1, 0.15) is 21.5 Å². The van der Waals surface area contributed by atoms with Crippen molar-refractivity contribution in [3.05, 3.63) is 65.7 Å². The molecule has 0 saturated carbocycles. The van der Waals surface area contributed by atoms with Gasteiger partial charge in [-0.3, -0.25) is 0 Å². The Morgan fingerprint density at radius 2 is 1.74 bits per heavy atom. The van der Waals surface area contributed by atoms with Gasteiger partial charge in [-0.15, -0.1) is 0 Å². The van der Waals surface area contributed by atoms with Gasteiger partial charge in [-0.25, -0.2) is 4.79 Å². The summed E-state index contributed by atoms with van der Waals surface area (Å²) in [6.45, 7) is 5.84. The topological polar surface area (TPSA) is 26.3 Å². The second kappa shape index (κ2) is 5.53. The second-order valence-electron chi connectivity index (χ2n) is 4.34. The first kappa shape index (κ1) is 13.1. The van der Waals surface area contributed by atoms with Gasteiger partial charge < -0.3 is 4.74 Å². The molecule has 0 radical (unpaired) electrons. The maximum absolute atomic E-state index is 11.4. The summed E-state index contributed by atoms with van der Waals surface area (Å²) in [5.41, 5.74) is 5.08. The van der Waals surface area contributed by atoms with Crippen molar-refractivity contribution in [1.82, 2.24) is 0 Å². The highest BCUT2D eigenvalue weighted by molar-refractivity contribution is 5.90. The Morgan fingerprint density at radius 3 is 2.26 bits per heavy atom. The molecule has 2 rings (SSSR count). The van der Waals surface area contributed by atoms with E-state index in [-0.39, 0.29) is 5.97 Å². The number of ether oxygens (including phenoxy) is 1. The maximum atomic E-state index is 11.4. The lowest BCUT2D eigenvalue weighted by Crippen LogP contribution is -2.00. The van der Waals surface area contributed by atoms with Gasteiger partial charge in [-0.05, 0) is 41.3 Å². The van der Waals surface area contributed by atoms with Crippen LogP contribution in [0, 0.1) is 6.92 Å². The molecule has 19 heavy (non-hydrogen) atoms. The van der Waals surface area contributed by atoms with Gasteiger partial charge in [-0.2, -0.15) is 0 Å². The van der Waals surface area contributed by atoms with Gasteiger partial charge in [0, 0.05) is 0 Å². The van der Waals surface area contributed by atoms with Gasteiger partial charge in [0.1, 0.15) is 0 Å². The third kappa shape index (κ3) is 2.74. The van der Waals surface area contributed by atoms with Gasteiger partial charge >= 0.3 is 5.97 Å². The van der Waals surface area contributed by atoms with E-state index in [9.17, 15) is 4.79 Å². The summed E-state index contributed by atoms with van der Waals surface area (Å²) in [4.78, 5) is 11.4. The van der Waals surface area contributed by atoms with E-state index in [1.165, 1.54) is 12.7 Å². The molecule has 0 amide bonds. The molecule has 0 atom stereocenters. The molecule has 2 aromatic carbocycles. The van der Waals surface area contributed by atoms with E-state index in [2.05, 4.69) is 30.4 Å². The van der Waals surface area contributed by atoms with Gasteiger partial charge in [0.2, 0.25) is 0 Å². The highest BCUT2D eigenvalue weighted by Crippen LogP contribution is 2.23. The molecule has 2 heteroatoms.